The van der Waals surface area contributed by atoms with Gasteiger partial charge < -0.3 is 9.84 Å². The molecule has 1 heterocycles. The van der Waals surface area contributed by atoms with Gasteiger partial charge in [-0.1, -0.05) is 26.2 Å². The van der Waals surface area contributed by atoms with E-state index in [1.54, 1.807) is 18.3 Å². The molecule has 0 unspecified atom stereocenters. The van der Waals surface area contributed by atoms with Crippen LogP contribution in [0.15, 0.2) is 42.6 Å². The largest absolute Gasteiger partial charge is 0.508 e. The van der Waals surface area contributed by atoms with E-state index in [0.29, 0.717) is 0 Å². The molecule has 0 amide bonds. The van der Waals surface area contributed by atoms with Gasteiger partial charge in [-0.25, -0.2) is 0 Å². The molecule has 3 nitrogen and oxygen atoms in total. The average Bonchev–Trinajstić information content (AvgIpc) is 2.49. The summed E-state index contributed by atoms with van der Waals surface area (Å²) >= 11 is 0. The van der Waals surface area contributed by atoms with Gasteiger partial charge in [0.15, 0.2) is 0 Å². The predicted molar refractivity (Wildman–Crippen MR) is 81.0 cm³/mol. The van der Waals surface area contributed by atoms with Gasteiger partial charge >= 0.3 is 0 Å². The van der Waals surface area contributed by atoms with Crippen LogP contribution in [0.1, 0.15) is 32.6 Å². The molecule has 0 saturated carbocycles. The number of unbranched alkanes of at least 4 members (excludes halogenated alkanes) is 3. The van der Waals surface area contributed by atoms with Crippen LogP contribution in [-0.4, -0.2) is 16.7 Å². The molecular formula is C17H21NO2. The molecular weight excluding hydrogens is 250 g/mol. The number of pyridine rings is 1. The van der Waals surface area contributed by atoms with Crippen LogP contribution in [0.4, 0.5) is 0 Å². The molecule has 2 aromatic rings. The van der Waals surface area contributed by atoms with E-state index in [1.807, 2.05) is 24.3 Å². The maximum Gasteiger partial charge on any atom is 0.137 e. The minimum absolute atomic E-state index is 0.265. The monoisotopic (exact) mass is 271 g/mol. The first-order valence-corrected chi connectivity index (χ1v) is 7.18. The third-order valence-electron chi connectivity index (χ3n) is 3.17. The molecule has 0 spiro atoms. The highest BCUT2D eigenvalue weighted by atomic mass is 16.5. The molecule has 0 atom stereocenters. The first-order chi connectivity index (χ1) is 9.79. The van der Waals surface area contributed by atoms with E-state index in [4.69, 9.17) is 4.74 Å². The Morgan fingerprint density at radius 1 is 1.00 bits per heavy atom. The summed E-state index contributed by atoms with van der Waals surface area (Å²) in [5.74, 6) is 1.07. The molecule has 1 aromatic carbocycles. The van der Waals surface area contributed by atoms with Crippen molar-refractivity contribution in [3.05, 3.63) is 42.6 Å². The van der Waals surface area contributed by atoms with Crippen LogP contribution in [0, 0.1) is 0 Å². The molecule has 20 heavy (non-hydrogen) atoms. The normalized spacial score (nSPS) is 10.4. The van der Waals surface area contributed by atoms with Crippen molar-refractivity contribution in [1.82, 2.24) is 4.98 Å². The zero-order valence-electron chi connectivity index (χ0n) is 11.9. The second-order valence-corrected chi connectivity index (χ2v) is 4.84. The summed E-state index contributed by atoms with van der Waals surface area (Å²) in [5, 5.41) is 9.27. The van der Waals surface area contributed by atoms with Crippen molar-refractivity contribution < 1.29 is 9.84 Å². The average molecular weight is 271 g/mol. The Morgan fingerprint density at radius 3 is 2.45 bits per heavy atom. The first-order valence-electron chi connectivity index (χ1n) is 7.18. The lowest BCUT2D eigenvalue weighted by molar-refractivity contribution is 0.304. The van der Waals surface area contributed by atoms with Crippen LogP contribution in [-0.2, 0) is 0 Å². The van der Waals surface area contributed by atoms with Crippen molar-refractivity contribution in [2.75, 3.05) is 6.61 Å². The van der Waals surface area contributed by atoms with E-state index in [-0.39, 0.29) is 5.75 Å². The van der Waals surface area contributed by atoms with Gasteiger partial charge in [-0.3, -0.25) is 4.98 Å². The number of aromatic hydroxyl groups is 1. The molecule has 0 aliphatic carbocycles. The Hall–Kier alpha value is -2.03. The van der Waals surface area contributed by atoms with Gasteiger partial charge in [-0.15, -0.1) is 0 Å². The Balaban J connectivity index is 1.88. The van der Waals surface area contributed by atoms with Crippen molar-refractivity contribution in [1.29, 1.82) is 0 Å². The SMILES string of the molecule is CCCCCCOc1ccc(-c2ccc(O)cc2)nc1. The van der Waals surface area contributed by atoms with Gasteiger partial charge in [0.05, 0.1) is 18.5 Å². The minimum atomic E-state index is 0.265. The quantitative estimate of drug-likeness (QED) is 0.758. The van der Waals surface area contributed by atoms with Crippen LogP contribution in [0.25, 0.3) is 11.3 Å². The van der Waals surface area contributed by atoms with Crippen molar-refractivity contribution in [2.24, 2.45) is 0 Å². The van der Waals surface area contributed by atoms with Gasteiger partial charge in [0.2, 0.25) is 0 Å². The summed E-state index contributed by atoms with van der Waals surface area (Å²) in [4.78, 5) is 4.39. The fraction of sp³-hybridized carbons (Fsp3) is 0.353. The highest BCUT2D eigenvalue weighted by molar-refractivity contribution is 5.60. The van der Waals surface area contributed by atoms with E-state index < -0.39 is 0 Å². The van der Waals surface area contributed by atoms with Crippen LogP contribution in [0.5, 0.6) is 11.5 Å². The minimum Gasteiger partial charge on any atom is -0.508 e. The van der Waals surface area contributed by atoms with Crippen LogP contribution >= 0.6 is 0 Å². The second-order valence-electron chi connectivity index (χ2n) is 4.84. The molecule has 2 rings (SSSR count). The summed E-state index contributed by atoms with van der Waals surface area (Å²) < 4.78 is 5.66. The fourth-order valence-corrected chi connectivity index (χ4v) is 1.99. The van der Waals surface area contributed by atoms with Crippen LogP contribution < -0.4 is 4.74 Å². The Kier molecular flexibility index (Phi) is 5.42. The standard InChI is InChI=1S/C17H21NO2/c1-2-3-4-5-12-20-16-10-11-17(18-13-16)14-6-8-15(19)9-7-14/h6-11,13,19H,2-5,12H2,1H3. The molecule has 0 bridgehead atoms. The third kappa shape index (κ3) is 4.26. The fourth-order valence-electron chi connectivity index (χ4n) is 1.99. The number of hydrogen-bond donors (Lipinski definition) is 1. The van der Waals surface area contributed by atoms with E-state index in [1.165, 1.54) is 19.3 Å². The second kappa shape index (κ2) is 7.53. The maximum absolute atomic E-state index is 9.27. The van der Waals surface area contributed by atoms with Gasteiger partial charge in [0, 0.05) is 5.56 Å². The number of ether oxygens (including phenoxy) is 1. The van der Waals surface area contributed by atoms with Crippen LogP contribution in [0.2, 0.25) is 0 Å². The third-order valence-corrected chi connectivity index (χ3v) is 3.17. The van der Waals surface area contributed by atoms with Crippen LogP contribution in [0.3, 0.4) is 0 Å². The number of hydrogen-bond acceptors (Lipinski definition) is 3. The highest BCUT2D eigenvalue weighted by Crippen LogP contribution is 2.21. The van der Waals surface area contributed by atoms with Crippen molar-refractivity contribution in [3.63, 3.8) is 0 Å². The zero-order valence-corrected chi connectivity index (χ0v) is 11.9. The molecule has 0 saturated heterocycles. The molecule has 0 radical (unpaired) electrons. The summed E-state index contributed by atoms with van der Waals surface area (Å²) in [5.41, 5.74) is 1.86. The summed E-state index contributed by atoms with van der Waals surface area (Å²) in [7, 11) is 0. The van der Waals surface area contributed by atoms with Gasteiger partial charge in [0.1, 0.15) is 11.5 Å². The smallest absolute Gasteiger partial charge is 0.137 e. The van der Waals surface area contributed by atoms with Gasteiger partial charge in [-0.05, 0) is 42.8 Å². The Labute approximate surface area is 120 Å². The Bertz CT molecular complexity index is 506. The van der Waals surface area contributed by atoms with E-state index in [2.05, 4.69) is 11.9 Å². The lowest BCUT2D eigenvalue weighted by Crippen LogP contribution is -1.97. The molecule has 0 aliphatic heterocycles. The molecule has 3 heteroatoms. The van der Waals surface area contributed by atoms with E-state index in [0.717, 1.165) is 30.0 Å². The first kappa shape index (κ1) is 14.4. The van der Waals surface area contributed by atoms with Crippen molar-refractivity contribution >= 4 is 0 Å². The molecule has 0 fully saturated rings. The number of rotatable bonds is 7. The molecule has 1 N–H and O–H groups in total. The van der Waals surface area contributed by atoms with Gasteiger partial charge in [-0.2, -0.15) is 0 Å². The molecule has 106 valence electrons. The lowest BCUT2D eigenvalue weighted by Gasteiger charge is -2.06. The van der Waals surface area contributed by atoms with Crippen molar-refractivity contribution in [3.8, 4) is 22.8 Å². The van der Waals surface area contributed by atoms with Gasteiger partial charge in [0.25, 0.3) is 0 Å². The summed E-state index contributed by atoms with van der Waals surface area (Å²) in [6, 6.07) is 10.9. The summed E-state index contributed by atoms with van der Waals surface area (Å²) in [6.45, 7) is 2.95. The predicted octanol–water partition coefficient (Wildman–Crippen LogP) is 4.41. The lowest BCUT2D eigenvalue weighted by atomic mass is 10.1. The number of benzene rings is 1. The number of phenolic OH excluding ortho intramolecular Hbond substituents is 1. The maximum atomic E-state index is 9.27. The number of aromatic nitrogens is 1. The highest BCUT2D eigenvalue weighted by Gasteiger charge is 2.00. The Morgan fingerprint density at radius 2 is 1.80 bits per heavy atom. The zero-order chi connectivity index (χ0) is 14.2. The van der Waals surface area contributed by atoms with E-state index in [9.17, 15) is 5.11 Å². The number of nitrogens with zero attached hydrogens (tertiary/aromatic N) is 1. The molecule has 0 aliphatic rings. The summed E-state index contributed by atoms with van der Waals surface area (Å²) in [6.07, 6.45) is 6.56. The number of phenols is 1. The molecule has 1 aromatic heterocycles. The van der Waals surface area contributed by atoms with Crippen molar-refractivity contribution in [2.45, 2.75) is 32.6 Å². The topological polar surface area (TPSA) is 42.4 Å². The van der Waals surface area contributed by atoms with E-state index >= 15 is 0 Å².